The molecule has 0 saturated heterocycles. The highest BCUT2D eigenvalue weighted by molar-refractivity contribution is 6.29. The third-order valence-corrected chi connectivity index (χ3v) is 2.82. The summed E-state index contributed by atoms with van der Waals surface area (Å²) < 4.78 is 1.62. The van der Waals surface area contributed by atoms with Gasteiger partial charge in [-0.2, -0.15) is 10.1 Å². The normalized spacial score (nSPS) is 10.6. The van der Waals surface area contributed by atoms with E-state index in [9.17, 15) is 0 Å². The first-order valence-corrected chi connectivity index (χ1v) is 6.01. The van der Waals surface area contributed by atoms with E-state index in [1.807, 2.05) is 36.5 Å². The van der Waals surface area contributed by atoms with Crippen LogP contribution in [-0.4, -0.2) is 19.7 Å². The van der Waals surface area contributed by atoms with Gasteiger partial charge in [-0.15, -0.1) is 0 Å². The summed E-state index contributed by atoms with van der Waals surface area (Å²) in [7, 11) is 0. The molecule has 0 fully saturated rings. The molecule has 0 bridgehead atoms. The lowest BCUT2D eigenvalue weighted by Gasteiger charge is -2.01. The van der Waals surface area contributed by atoms with Gasteiger partial charge in [0, 0.05) is 17.8 Å². The summed E-state index contributed by atoms with van der Waals surface area (Å²) in [5, 5.41) is 4.55. The molecule has 2 heterocycles. The summed E-state index contributed by atoms with van der Waals surface area (Å²) in [4.78, 5) is 7.91. The van der Waals surface area contributed by atoms with E-state index in [4.69, 9.17) is 17.3 Å². The topological polar surface area (TPSA) is 69.6 Å². The minimum Gasteiger partial charge on any atom is -0.368 e. The maximum atomic E-state index is 5.85. The zero-order valence-electron chi connectivity index (χ0n) is 9.86. The van der Waals surface area contributed by atoms with Crippen molar-refractivity contribution in [2.24, 2.45) is 0 Å². The van der Waals surface area contributed by atoms with Crippen LogP contribution < -0.4 is 5.73 Å². The zero-order valence-corrected chi connectivity index (χ0v) is 10.6. The molecule has 0 saturated carbocycles. The number of halogens is 1. The molecule has 19 heavy (non-hydrogen) atoms. The smallest absolute Gasteiger partial charge is 0.223 e. The van der Waals surface area contributed by atoms with Gasteiger partial charge in [-0.3, -0.25) is 0 Å². The maximum Gasteiger partial charge on any atom is 0.223 e. The lowest BCUT2D eigenvalue weighted by Crippen LogP contribution is -2.02. The van der Waals surface area contributed by atoms with Gasteiger partial charge in [-0.05, 0) is 5.56 Å². The fourth-order valence-corrected chi connectivity index (χ4v) is 1.95. The molecule has 2 N–H and O–H groups in total. The Bertz CT molecular complexity index is 688. The predicted octanol–water partition coefficient (Wildman–Crippen LogP) is 2.56. The number of anilines is 1. The number of nitrogen functional groups attached to an aromatic ring is 1. The third-order valence-electron chi connectivity index (χ3n) is 2.62. The van der Waals surface area contributed by atoms with E-state index < -0.39 is 0 Å². The van der Waals surface area contributed by atoms with Gasteiger partial charge in [-0.25, -0.2) is 9.67 Å². The standard InChI is InChI=1S/C13H10ClN5/c14-11-6-12(18-13(15)17-11)19-8-10(7-16-19)9-4-2-1-3-5-9/h1-8H,(H2,15,17,18). The van der Waals surface area contributed by atoms with Crippen molar-refractivity contribution in [2.75, 3.05) is 5.73 Å². The SMILES string of the molecule is Nc1nc(Cl)cc(-n2cc(-c3ccccc3)cn2)n1. The Morgan fingerprint density at radius 3 is 2.58 bits per heavy atom. The van der Waals surface area contributed by atoms with E-state index >= 15 is 0 Å². The Kier molecular flexibility index (Phi) is 2.89. The summed E-state index contributed by atoms with van der Waals surface area (Å²) in [6, 6.07) is 11.6. The van der Waals surface area contributed by atoms with Crippen molar-refractivity contribution in [1.29, 1.82) is 0 Å². The molecular weight excluding hydrogens is 262 g/mol. The van der Waals surface area contributed by atoms with Gasteiger partial charge in [-0.1, -0.05) is 41.9 Å². The molecule has 0 aliphatic carbocycles. The van der Waals surface area contributed by atoms with Gasteiger partial charge >= 0.3 is 0 Å². The van der Waals surface area contributed by atoms with Crippen LogP contribution in [0.4, 0.5) is 5.95 Å². The highest BCUT2D eigenvalue weighted by Gasteiger charge is 2.06. The number of rotatable bonds is 2. The Morgan fingerprint density at radius 2 is 1.84 bits per heavy atom. The van der Waals surface area contributed by atoms with Crippen molar-refractivity contribution in [3.8, 4) is 16.9 Å². The first kappa shape index (κ1) is 11.7. The summed E-state index contributed by atoms with van der Waals surface area (Å²) in [6.07, 6.45) is 3.63. The molecule has 0 spiro atoms. The molecule has 0 amide bonds. The van der Waals surface area contributed by atoms with Crippen LogP contribution in [0.2, 0.25) is 5.15 Å². The van der Waals surface area contributed by atoms with Gasteiger partial charge < -0.3 is 5.73 Å². The van der Waals surface area contributed by atoms with Crippen LogP contribution in [0.3, 0.4) is 0 Å². The van der Waals surface area contributed by atoms with Crippen LogP contribution in [0.1, 0.15) is 0 Å². The number of hydrogen-bond donors (Lipinski definition) is 1. The lowest BCUT2D eigenvalue weighted by atomic mass is 10.1. The molecule has 0 aliphatic heterocycles. The second-order valence-electron chi connectivity index (χ2n) is 3.95. The fourth-order valence-electron chi connectivity index (χ4n) is 1.77. The van der Waals surface area contributed by atoms with E-state index in [0.29, 0.717) is 11.0 Å². The Balaban J connectivity index is 2.02. The Hall–Kier alpha value is -2.40. The highest BCUT2D eigenvalue weighted by atomic mass is 35.5. The summed E-state index contributed by atoms with van der Waals surface area (Å²) in [5.74, 6) is 0.666. The Morgan fingerprint density at radius 1 is 1.05 bits per heavy atom. The molecule has 6 heteroatoms. The van der Waals surface area contributed by atoms with Gasteiger partial charge in [0.15, 0.2) is 5.82 Å². The van der Waals surface area contributed by atoms with E-state index in [0.717, 1.165) is 11.1 Å². The van der Waals surface area contributed by atoms with E-state index in [1.165, 1.54) is 0 Å². The highest BCUT2D eigenvalue weighted by Crippen LogP contribution is 2.20. The molecule has 0 aliphatic rings. The molecule has 3 aromatic rings. The largest absolute Gasteiger partial charge is 0.368 e. The quantitative estimate of drug-likeness (QED) is 0.727. The van der Waals surface area contributed by atoms with E-state index in [2.05, 4.69) is 15.1 Å². The lowest BCUT2D eigenvalue weighted by molar-refractivity contribution is 0.843. The van der Waals surface area contributed by atoms with Crippen molar-refractivity contribution >= 4 is 17.5 Å². The second kappa shape index (κ2) is 4.70. The average Bonchev–Trinajstić information content (AvgIpc) is 2.88. The minimum atomic E-state index is 0.124. The molecule has 0 atom stereocenters. The van der Waals surface area contributed by atoms with Crippen LogP contribution in [0.25, 0.3) is 16.9 Å². The zero-order chi connectivity index (χ0) is 13.2. The fraction of sp³-hybridized carbons (Fsp3) is 0. The van der Waals surface area contributed by atoms with Crippen molar-refractivity contribution in [1.82, 2.24) is 19.7 Å². The van der Waals surface area contributed by atoms with Crippen LogP contribution in [0, 0.1) is 0 Å². The van der Waals surface area contributed by atoms with Crippen LogP contribution in [0.5, 0.6) is 0 Å². The number of benzene rings is 1. The first-order valence-electron chi connectivity index (χ1n) is 5.63. The molecule has 3 rings (SSSR count). The number of hydrogen-bond acceptors (Lipinski definition) is 4. The molecular formula is C13H10ClN5. The molecule has 1 aromatic carbocycles. The molecule has 2 aromatic heterocycles. The summed E-state index contributed by atoms with van der Waals surface area (Å²) in [5.41, 5.74) is 7.65. The monoisotopic (exact) mass is 271 g/mol. The third kappa shape index (κ3) is 2.41. The predicted molar refractivity (Wildman–Crippen MR) is 74.0 cm³/mol. The number of nitrogens with zero attached hydrogens (tertiary/aromatic N) is 4. The van der Waals surface area contributed by atoms with Gasteiger partial charge in [0.25, 0.3) is 0 Å². The summed E-state index contributed by atoms with van der Waals surface area (Å²) in [6.45, 7) is 0. The molecule has 0 unspecified atom stereocenters. The van der Waals surface area contributed by atoms with Crippen LogP contribution in [0.15, 0.2) is 48.8 Å². The van der Waals surface area contributed by atoms with E-state index in [1.54, 1.807) is 16.9 Å². The van der Waals surface area contributed by atoms with E-state index in [-0.39, 0.29) is 5.95 Å². The average molecular weight is 272 g/mol. The molecule has 5 nitrogen and oxygen atoms in total. The minimum absolute atomic E-state index is 0.124. The van der Waals surface area contributed by atoms with Gasteiger partial charge in [0.1, 0.15) is 5.15 Å². The summed E-state index contributed by atoms with van der Waals surface area (Å²) >= 11 is 5.85. The number of nitrogens with two attached hydrogens (primary N) is 1. The van der Waals surface area contributed by atoms with Gasteiger partial charge in [0.2, 0.25) is 5.95 Å². The molecule has 0 radical (unpaired) electrons. The molecule has 94 valence electrons. The Labute approximate surface area is 114 Å². The van der Waals surface area contributed by atoms with Gasteiger partial charge in [0.05, 0.1) is 6.20 Å². The van der Waals surface area contributed by atoms with Crippen molar-refractivity contribution < 1.29 is 0 Å². The first-order chi connectivity index (χ1) is 9.22. The second-order valence-corrected chi connectivity index (χ2v) is 4.33. The van der Waals surface area contributed by atoms with Crippen molar-refractivity contribution in [3.63, 3.8) is 0 Å². The van der Waals surface area contributed by atoms with Crippen molar-refractivity contribution in [3.05, 3.63) is 53.9 Å². The van der Waals surface area contributed by atoms with Crippen LogP contribution >= 0.6 is 11.6 Å². The van der Waals surface area contributed by atoms with Crippen LogP contribution in [-0.2, 0) is 0 Å². The maximum absolute atomic E-state index is 5.85. The van der Waals surface area contributed by atoms with Crippen molar-refractivity contribution in [2.45, 2.75) is 0 Å². The number of aromatic nitrogens is 4.